The second-order valence-electron chi connectivity index (χ2n) is 5.13. The summed E-state index contributed by atoms with van der Waals surface area (Å²) in [6.45, 7) is 3.09. The zero-order chi connectivity index (χ0) is 16.9. The van der Waals surface area contributed by atoms with Crippen molar-refractivity contribution in [2.45, 2.75) is 19.6 Å². The summed E-state index contributed by atoms with van der Waals surface area (Å²) in [4.78, 5) is 11.0. The van der Waals surface area contributed by atoms with Crippen molar-refractivity contribution in [1.82, 2.24) is 0 Å². The van der Waals surface area contributed by atoms with Crippen LogP contribution >= 0.6 is 0 Å². The highest BCUT2D eigenvalue weighted by atomic mass is 32.2. The summed E-state index contributed by atoms with van der Waals surface area (Å²) in [6, 6.07) is 14.0. The third-order valence-electron chi connectivity index (χ3n) is 3.16. The van der Waals surface area contributed by atoms with Gasteiger partial charge in [0.25, 0.3) is 0 Å². The molecule has 0 aliphatic rings. The van der Waals surface area contributed by atoms with Gasteiger partial charge in [0.05, 0.1) is 5.75 Å². The summed E-state index contributed by atoms with van der Waals surface area (Å²) in [5, 5.41) is 2.68. The van der Waals surface area contributed by atoms with E-state index in [0.29, 0.717) is 17.2 Å². The van der Waals surface area contributed by atoms with Crippen molar-refractivity contribution >= 4 is 21.4 Å². The van der Waals surface area contributed by atoms with Crippen LogP contribution in [0, 0.1) is 0 Å². The Bertz CT molecular complexity index is 765. The number of carbonyl (C=O) groups is 1. The standard InChI is InChI=1S/C17H19NO4S/c1-3-23(20,21)12-14-4-8-16(9-5-14)22-17-10-6-15(7-11-17)18-13(2)19/h4-11H,3,12H2,1-2H3,(H,18,19). The zero-order valence-electron chi connectivity index (χ0n) is 13.1. The van der Waals surface area contributed by atoms with Gasteiger partial charge in [-0.2, -0.15) is 0 Å². The molecule has 0 heterocycles. The minimum atomic E-state index is -3.03. The highest BCUT2D eigenvalue weighted by Gasteiger charge is 2.09. The highest BCUT2D eigenvalue weighted by Crippen LogP contribution is 2.23. The average Bonchev–Trinajstić information content (AvgIpc) is 2.50. The molecule has 0 unspecified atom stereocenters. The summed E-state index contributed by atoms with van der Waals surface area (Å²) in [7, 11) is -3.03. The van der Waals surface area contributed by atoms with Crippen LogP contribution in [0.2, 0.25) is 0 Å². The Morgan fingerprint density at radius 1 is 1.00 bits per heavy atom. The number of hydrogen-bond donors (Lipinski definition) is 1. The fourth-order valence-electron chi connectivity index (χ4n) is 1.96. The van der Waals surface area contributed by atoms with Gasteiger partial charge in [0.2, 0.25) is 5.91 Å². The minimum Gasteiger partial charge on any atom is -0.457 e. The maximum atomic E-state index is 11.6. The molecule has 0 saturated carbocycles. The van der Waals surface area contributed by atoms with E-state index in [9.17, 15) is 13.2 Å². The summed E-state index contributed by atoms with van der Waals surface area (Å²) >= 11 is 0. The van der Waals surface area contributed by atoms with Crippen molar-refractivity contribution < 1.29 is 17.9 Å². The first-order valence-corrected chi connectivity index (χ1v) is 9.05. The van der Waals surface area contributed by atoms with Crippen LogP contribution in [0.25, 0.3) is 0 Å². The van der Waals surface area contributed by atoms with Gasteiger partial charge < -0.3 is 10.1 Å². The molecule has 2 aromatic carbocycles. The molecule has 1 amide bonds. The van der Waals surface area contributed by atoms with Gasteiger partial charge in [-0.05, 0) is 42.0 Å². The predicted octanol–water partition coefficient (Wildman–Crippen LogP) is 3.37. The van der Waals surface area contributed by atoms with E-state index in [1.165, 1.54) is 6.92 Å². The number of benzene rings is 2. The van der Waals surface area contributed by atoms with Crippen molar-refractivity contribution in [2.24, 2.45) is 0 Å². The number of hydrogen-bond acceptors (Lipinski definition) is 4. The Labute approximate surface area is 136 Å². The van der Waals surface area contributed by atoms with Crippen LogP contribution in [0.3, 0.4) is 0 Å². The van der Waals surface area contributed by atoms with Crippen molar-refractivity contribution in [3.05, 3.63) is 54.1 Å². The molecular weight excluding hydrogens is 314 g/mol. The van der Waals surface area contributed by atoms with Crippen LogP contribution in [0.1, 0.15) is 19.4 Å². The Morgan fingerprint density at radius 3 is 2.00 bits per heavy atom. The third kappa shape index (κ3) is 5.41. The predicted molar refractivity (Wildman–Crippen MR) is 90.4 cm³/mol. The van der Waals surface area contributed by atoms with E-state index in [1.54, 1.807) is 55.5 Å². The number of ether oxygens (including phenoxy) is 1. The van der Waals surface area contributed by atoms with Crippen LogP contribution in [0.15, 0.2) is 48.5 Å². The van der Waals surface area contributed by atoms with Gasteiger partial charge in [0, 0.05) is 18.4 Å². The van der Waals surface area contributed by atoms with E-state index < -0.39 is 9.84 Å². The number of amides is 1. The molecule has 0 aromatic heterocycles. The molecule has 0 spiro atoms. The normalized spacial score (nSPS) is 11.0. The molecule has 122 valence electrons. The van der Waals surface area contributed by atoms with Crippen LogP contribution in [-0.4, -0.2) is 20.1 Å². The topological polar surface area (TPSA) is 72.5 Å². The Kier molecular flexibility index (Phi) is 5.39. The first-order chi connectivity index (χ1) is 10.9. The SMILES string of the molecule is CCS(=O)(=O)Cc1ccc(Oc2ccc(NC(C)=O)cc2)cc1. The highest BCUT2D eigenvalue weighted by molar-refractivity contribution is 7.90. The Hall–Kier alpha value is -2.34. The molecule has 0 fully saturated rings. The lowest BCUT2D eigenvalue weighted by Crippen LogP contribution is -2.06. The lowest BCUT2D eigenvalue weighted by molar-refractivity contribution is -0.114. The second-order valence-corrected chi connectivity index (χ2v) is 7.48. The molecule has 0 atom stereocenters. The number of anilines is 1. The third-order valence-corrected chi connectivity index (χ3v) is 4.81. The molecule has 0 aliphatic carbocycles. The smallest absolute Gasteiger partial charge is 0.221 e. The van der Waals surface area contributed by atoms with Gasteiger partial charge >= 0.3 is 0 Å². The summed E-state index contributed by atoms with van der Waals surface area (Å²) in [5.41, 5.74) is 1.44. The van der Waals surface area contributed by atoms with Gasteiger partial charge in [-0.3, -0.25) is 4.79 Å². The molecule has 23 heavy (non-hydrogen) atoms. The monoisotopic (exact) mass is 333 g/mol. The van der Waals surface area contributed by atoms with Crippen molar-refractivity contribution in [3.63, 3.8) is 0 Å². The molecule has 0 saturated heterocycles. The number of sulfone groups is 1. The molecular formula is C17H19NO4S. The van der Waals surface area contributed by atoms with E-state index in [1.807, 2.05) is 0 Å². The molecule has 6 heteroatoms. The second kappa shape index (κ2) is 7.28. The average molecular weight is 333 g/mol. The van der Waals surface area contributed by atoms with Crippen LogP contribution in [-0.2, 0) is 20.4 Å². The fraction of sp³-hybridized carbons (Fsp3) is 0.235. The van der Waals surface area contributed by atoms with E-state index in [2.05, 4.69) is 5.32 Å². The van der Waals surface area contributed by atoms with Gasteiger partial charge in [0.15, 0.2) is 9.84 Å². The van der Waals surface area contributed by atoms with Crippen LogP contribution in [0.5, 0.6) is 11.5 Å². The molecule has 0 radical (unpaired) electrons. The van der Waals surface area contributed by atoms with Crippen LogP contribution in [0.4, 0.5) is 5.69 Å². The summed E-state index contributed by atoms with van der Waals surface area (Å²) in [5.74, 6) is 1.29. The quantitative estimate of drug-likeness (QED) is 0.879. The van der Waals surface area contributed by atoms with Gasteiger partial charge in [0.1, 0.15) is 11.5 Å². The lowest BCUT2D eigenvalue weighted by atomic mass is 10.2. The van der Waals surface area contributed by atoms with E-state index >= 15 is 0 Å². The lowest BCUT2D eigenvalue weighted by Gasteiger charge is -2.08. The minimum absolute atomic E-state index is 0.0369. The van der Waals surface area contributed by atoms with E-state index in [4.69, 9.17) is 4.74 Å². The summed E-state index contributed by atoms with van der Waals surface area (Å²) in [6.07, 6.45) is 0. The molecule has 2 rings (SSSR count). The molecule has 1 N–H and O–H groups in total. The maximum Gasteiger partial charge on any atom is 0.221 e. The number of nitrogens with one attached hydrogen (secondary N) is 1. The molecule has 2 aromatic rings. The molecule has 0 aliphatic heterocycles. The Morgan fingerprint density at radius 2 is 1.52 bits per heavy atom. The number of rotatable bonds is 6. The fourth-order valence-corrected chi connectivity index (χ4v) is 2.86. The zero-order valence-corrected chi connectivity index (χ0v) is 13.9. The first-order valence-electron chi connectivity index (χ1n) is 7.23. The Balaban J connectivity index is 2.02. The van der Waals surface area contributed by atoms with E-state index in [-0.39, 0.29) is 17.4 Å². The summed E-state index contributed by atoms with van der Waals surface area (Å²) < 4.78 is 28.9. The maximum absolute atomic E-state index is 11.6. The first kappa shape index (κ1) is 17.0. The van der Waals surface area contributed by atoms with Gasteiger partial charge in [-0.1, -0.05) is 19.1 Å². The molecule has 5 nitrogen and oxygen atoms in total. The molecule has 0 bridgehead atoms. The largest absolute Gasteiger partial charge is 0.457 e. The van der Waals surface area contributed by atoms with Gasteiger partial charge in [-0.25, -0.2) is 8.42 Å². The number of carbonyl (C=O) groups excluding carboxylic acids is 1. The van der Waals surface area contributed by atoms with Gasteiger partial charge in [-0.15, -0.1) is 0 Å². The van der Waals surface area contributed by atoms with Crippen LogP contribution < -0.4 is 10.1 Å². The van der Waals surface area contributed by atoms with Crippen molar-refractivity contribution in [2.75, 3.05) is 11.1 Å². The van der Waals surface area contributed by atoms with Crippen molar-refractivity contribution in [3.8, 4) is 11.5 Å². The van der Waals surface area contributed by atoms with Crippen molar-refractivity contribution in [1.29, 1.82) is 0 Å². The van der Waals surface area contributed by atoms with E-state index in [0.717, 1.165) is 5.56 Å².